The first kappa shape index (κ1) is 7.13. The van der Waals surface area contributed by atoms with Gasteiger partial charge in [0.05, 0.1) is 5.92 Å². The molecule has 0 saturated carbocycles. The lowest BCUT2D eigenvalue weighted by atomic mass is 9.92. The van der Waals surface area contributed by atoms with Crippen LogP contribution in [0.25, 0.3) is 0 Å². The number of hydrogen-bond donors (Lipinski definition) is 0. The first-order valence-corrected chi connectivity index (χ1v) is 4.60. The Balaban J connectivity index is 2.19. The molecule has 2 nitrogen and oxygen atoms in total. The zero-order chi connectivity index (χ0) is 8.84. The maximum absolute atomic E-state index is 11.5. The van der Waals surface area contributed by atoms with Crippen LogP contribution >= 0.6 is 0 Å². The van der Waals surface area contributed by atoms with Gasteiger partial charge >= 0.3 is 5.97 Å². The summed E-state index contributed by atoms with van der Waals surface area (Å²) in [6.07, 6.45) is 12.3. The van der Waals surface area contributed by atoms with E-state index in [9.17, 15) is 4.79 Å². The monoisotopic (exact) mass is 174 g/mol. The molecule has 0 aromatic rings. The van der Waals surface area contributed by atoms with E-state index in [0.717, 1.165) is 0 Å². The van der Waals surface area contributed by atoms with Gasteiger partial charge in [0.25, 0.3) is 0 Å². The third kappa shape index (κ3) is 0.916. The van der Waals surface area contributed by atoms with Crippen molar-refractivity contribution in [1.82, 2.24) is 0 Å². The highest BCUT2D eigenvalue weighted by Crippen LogP contribution is 2.34. The second-order valence-corrected chi connectivity index (χ2v) is 3.74. The van der Waals surface area contributed by atoms with Crippen LogP contribution in [0.2, 0.25) is 0 Å². The first-order chi connectivity index (χ1) is 6.34. The molecule has 4 aliphatic rings. The summed E-state index contributed by atoms with van der Waals surface area (Å²) in [6.45, 7) is 0. The lowest BCUT2D eigenvalue weighted by Crippen LogP contribution is -2.25. The van der Waals surface area contributed by atoms with Gasteiger partial charge < -0.3 is 4.74 Å². The molecular weight excluding hydrogens is 164 g/mol. The van der Waals surface area contributed by atoms with Gasteiger partial charge in [0, 0.05) is 11.8 Å². The van der Waals surface area contributed by atoms with E-state index < -0.39 is 0 Å². The van der Waals surface area contributed by atoms with Crippen molar-refractivity contribution in [2.24, 2.45) is 17.8 Å². The maximum Gasteiger partial charge on any atom is 0.314 e. The molecular formula is C11H10O2. The molecule has 0 aromatic heterocycles. The fourth-order valence-corrected chi connectivity index (χ4v) is 2.15. The van der Waals surface area contributed by atoms with Crippen LogP contribution in [0.3, 0.4) is 0 Å². The SMILES string of the molecule is O=C1OC2C=CC3C=CC2C=CC13. The number of esters is 1. The van der Waals surface area contributed by atoms with Crippen LogP contribution in [-0.2, 0) is 9.53 Å². The van der Waals surface area contributed by atoms with Crippen LogP contribution in [0.1, 0.15) is 0 Å². The van der Waals surface area contributed by atoms with E-state index in [0.29, 0.717) is 0 Å². The topological polar surface area (TPSA) is 26.3 Å². The van der Waals surface area contributed by atoms with Crippen LogP contribution in [0.4, 0.5) is 0 Å². The lowest BCUT2D eigenvalue weighted by molar-refractivity contribution is -0.150. The molecule has 0 saturated heterocycles. The highest BCUT2D eigenvalue weighted by molar-refractivity contribution is 5.77. The summed E-state index contributed by atoms with van der Waals surface area (Å²) < 4.78 is 5.33. The number of rotatable bonds is 0. The number of carbonyl (C=O) groups excluding carboxylic acids is 1. The molecule has 4 rings (SSSR count). The van der Waals surface area contributed by atoms with Gasteiger partial charge in [-0.15, -0.1) is 0 Å². The molecule has 2 heteroatoms. The van der Waals surface area contributed by atoms with E-state index in [-0.39, 0.29) is 29.8 Å². The van der Waals surface area contributed by atoms with Crippen molar-refractivity contribution >= 4 is 5.97 Å². The number of carbonyl (C=O) groups is 1. The number of allylic oxidation sites excluding steroid dienone is 2. The predicted octanol–water partition coefficient (Wildman–Crippen LogP) is 1.46. The Labute approximate surface area is 76.6 Å². The van der Waals surface area contributed by atoms with Crippen molar-refractivity contribution in [2.45, 2.75) is 6.10 Å². The summed E-state index contributed by atoms with van der Waals surface area (Å²) in [5, 5.41) is 0. The molecule has 0 N–H and O–H groups in total. The third-order valence-electron chi connectivity index (χ3n) is 2.94. The Morgan fingerprint density at radius 2 is 1.62 bits per heavy atom. The number of fused-ring (bicyclic) bond motifs is 1. The smallest absolute Gasteiger partial charge is 0.314 e. The molecule has 2 aliphatic heterocycles. The fraction of sp³-hybridized carbons (Fsp3) is 0.364. The second kappa shape index (κ2) is 2.34. The maximum atomic E-state index is 11.5. The summed E-state index contributed by atoms with van der Waals surface area (Å²) >= 11 is 0. The van der Waals surface area contributed by atoms with Crippen LogP contribution in [0.15, 0.2) is 36.5 Å². The van der Waals surface area contributed by atoms with Gasteiger partial charge in [0.1, 0.15) is 6.10 Å². The zero-order valence-electron chi connectivity index (χ0n) is 7.09. The Hall–Kier alpha value is -1.31. The van der Waals surface area contributed by atoms with Crippen LogP contribution < -0.4 is 0 Å². The molecule has 0 aromatic carbocycles. The minimum atomic E-state index is -0.0926. The summed E-state index contributed by atoms with van der Waals surface area (Å²) in [5.74, 6) is 0.284. The Bertz CT molecular complexity index is 336. The summed E-state index contributed by atoms with van der Waals surface area (Å²) in [6, 6.07) is 0. The average Bonchev–Trinajstić information content (AvgIpc) is 2.48. The van der Waals surface area contributed by atoms with E-state index in [1.807, 2.05) is 12.2 Å². The van der Waals surface area contributed by atoms with Gasteiger partial charge in [-0.1, -0.05) is 30.4 Å². The minimum absolute atomic E-state index is 0.0718. The van der Waals surface area contributed by atoms with Crippen molar-refractivity contribution in [3.8, 4) is 0 Å². The number of ether oxygens (including phenoxy) is 1. The highest BCUT2D eigenvalue weighted by Gasteiger charge is 2.36. The van der Waals surface area contributed by atoms with Crippen LogP contribution in [0, 0.1) is 17.8 Å². The second-order valence-electron chi connectivity index (χ2n) is 3.74. The van der Waals surface area contributed by atoms with E-state index in [1.165, 1.54) is 0 Å². The van der Waals surface area contributed by atoms with Crippen LogP contribution in [0.5, 0.6) is 0 Å². The van der Waals surface area contributed by atoms with E-state index in [1.54, 1.807) is 0 Å². The Kier molecular flexibility index (Phi) is 1.29. The molecule has 0 spiro atoms. The van der Waals surface area contributed by atoms with Crippen molar-refractivity contribution in [3.05, 3.63) is 36.5 Å². The molecule has 4 unspecified atom stereocenters. The van der Waals surface area contributed by atoms with Gasteiger partial charge in [-0.05, 0) is 6.08 Å². The zero-order valence-corrected chi connectivity index (χ0v) is 7.09. The standard InChI is InChI=1S/C11H10O2/c12-11-9-5-3-8-2-1-7(9)4-6-10(8)13-11/h1-10H. The van der Waals surface area contributed by atoms with Gasteiger partial charge in [0.15, 0.2) is 0 Å². The normalized spacial score (nSPS) is 44.8. The van der Waals surface area contributed by atoms with Gasteiger partial charge in [-0.25, -0.2) is 0 Å². The summed E-state index contributed by atoms with van der Waals surface area (Å²) in [4.78, 5) is 11.5. The Morgan fingerprint density at radius 1 is 0.923 bits per heavy atom. The van der Waals surface area contributed by atoms with Crippen molar-refractivity contribution in [3.63, 3.8) is 0 Å². The van der Waals surface area contributed by atoms with Gasteiger partial charge in [-0.3, -0.25) is 4.79 Å². The molecule has 0 fully saturated rings. The molecule has 4 atom stereocenters. The number of hydrogen-bond acceptors (Lipinski definition) is 2. The molecule has 66 valence electrons. The third-order valence-corrected chi connectivity index (χ3v) is 2.94. The molecule has 0 radical (unpaired) electrons. The fourth-order valence-electron chi connectivity index (χ4n) is 2.15. The molecule has 13 heavy (non-hydrogen) atoms. The lowest BCUT2D eigenvalue weighted by Gasteiger charge is -2.18. The highest BCUT2D eigenvalue weighted by atomic mass is 16.5. The van der Waals surface area contributed by atoms with Crippen LogP contribution in [-0.4, -0.2) is 12.1 Å². The largest absolute Gasteiger partial charge is 0.457 e. The molecule has 4 bridgehead atoms. The quantitative estimate of drug-likeness (QED) is 0.410. The summed E-state index contributed by atoms with van der Waals surface area (Å²) in [5.41, 5.74) is 0. The van der Waals surface area contributed by atoms with Crippen molar-refractivity contribution < 1.29 is 9.53 Å². The van der Waals surface area contributed by atoms with E-state index >= 15 is 0 Å². The molecule has 0 amide bonds. The molecule has 2 aliphatic carbocycles. The minimum Gasteiger partial charge on any atom is -0.457 e. The average molecular weight is 174 g/mol. The van der Waals surface area contributed by atoms with Gasteiger partial charge in [0.2, 0.25) is 0 Å². The van der Waals surface area contributed by atoms with E-state index in [2.05, 4.69) is 24.3 Å². The first-order valence-electron chi connectivity index (χ1n) is 4.60. The molecule has 2 heterocycles. The predicted molar refractivity (Wildman–Crippen MR) is 47.8 cm³/mol. The van der Waals surface area contributed by atoms with Gasteiger partial charge in [-0.2, -0.15) is 0 Å². The van der Waals surface area contributed by atoms with Crippen molar-refractivity contribution in [1.29, 1.82) is 0 Å². The summed E-state index contributed by atoms with van der Waals surface area (Å²) in [7, 11) is 0. The van der Waals surface area contributed by atoms with Crippen molar-refractivity contribution in [2.75, 3.05) is 0 Å². The van der Waals surface area contributed by atoms with E-state index in [4.69, 9.17) is 4.74 Å². The Morgan fingerprint density at radius 3 is 2.54 bits per heavy atom.